The molecule has 0 aliphatic carbocycles. The third-order valence-corrected chi connectivity index (χ3v) is 5.36. The zero-order valence-corrected chi connectivity index (χ0v) is 13.4. The minimum Gasteiger partial charge on any atom is -0.495 e. The molecule has 0 radical (unpaired) electrons. The molecule has 0 aromatic heterocycles. The summed E-state index contributed by atoms with van der Waals surface area (Å²) in [4.78, 5) is 0.238. The number of methoxy groups -OCH3 is 1. The number of anilines is 1. The van der Waals surface area contributed by atoms with Crippen molar-refractivity contribution in [3.8, 4) is 5.75 Å². The average Bonchev–Trinajstić information content (AvgIpc) is 2.47. The number of hydrogen-bond acceptors (Lipinski definition) is 5. The van der Waals surface area contributed by atoms with E-state index in [2.05, 4.69) is 3.53 Å². The second kappa shape index (κ2) is 6.25. The third kappa shape index (κ3) is 3.12. The van der Waals surface area contributed by atoms with E-state index in [0.29, 0.717) is 32.1 Å². The minimum atomic E-state index is -3.48. The number of nitrogens with zero attached hydrogens (tertiary/aromatic N) is 1. The van der Waals surface area contributed by atoms with Gasteiger partial charge in [-0.15, -0.1) is 0 Å². The molecular weight excluding hydrogens is 383 g/mol. The van der Waals surface area contributed by atoms with Crippen molar-refractivity contribution in [1.29, 1.82) is 0 Å². The van der Waals surface area contributed by atoms with Crippen LogP contribution in [0.5, 0.6) is 5.75 Å². The van der Waals surface area contributed by atoms with Gasteiger partial charge in [-0.2, -0.15) is 4.31 Å². The molecule has 2 rings (SSSR count). The maximum Gasteiger partial charge on any atom is 0.243 e. The molecule has 1 aromatic rings. The molecule has 106 valence electrons. The molecule has 0 unspecified atom stereocenters. The molecule has 8 heteroatoms. The van der Waals surface area contributed by atoms with E-state index >= 15 is 0 Å². The largest absolute Gasteiger partial charge is 0.495 e. The quantitative estimate of drug-likeness (QED) is 0.615. The van der Waals surface area contributed by atoms with Crippen molar-refractivity contribution in [3.05, 3.63) is 18.2 Å². The van der Waals surface area contributed by atoms with Crippen molar-refractivity contribution in [1.82, 2.24) is 4.31 Å². The van der Waals surface area contributed by atoms with Crippen molar-refractivity contribution in [2.24, 2.45) is 0 Å². The first-order valence-electron chi connectivity index (χ1n) is 5.72. The second-order valence-corrected chi connectivity index (χ2v) is 6.45. The lowest BCUT2D eigenvalue weighted by molar-refractivity contribution is 0.0730. The molecule has 1 aliphatic heterocycles. The summed E-state index contributed by atoms with van der Waals surface area (Å²) in [6, 6.07) is 4.80. The molecular formula is C11H15IN2O4S. The van der Waals surface area contributed by atoms with Gasteiger partial charge in [-0.1, -0.05) is 0 Å². The van der Waals surface area contributed by atoms with E-state index in [1.54, 1.807) is 12.1 Å². The lowest BCUT2D eigenvalue weighted by Gasteiger charge is -2.26. The van der Waals surface area contributed by atoms with E-state index < -0.39 is 10.0 Å². The first-order chi connectivity index (χ1) is 9.09. The van der Waals surface area contributed by atoms with Crippen LogP contribution in [-0.2, 0) is 14.8 Å². The maximum atomic E-state index is 12.4. The van der Waals surface area contributed by atoms with E-state index in [1.807, 2.05) is 22.9 Å². The molecule has 1 aliphatic rings. The van der Waals surface area contributed by atoms with Gasteiger partial charge in [0.15, 0.2) is 0 Å². The van der Waals surface area contributed by atoms with Gasteiger partial charge >= 0.3 is 0 Å². The Morgan fingerprint density at radius 2 is 2.05 bits per heavy atom. The van der Waals surface area contributed by atoms with Crippen LogP contribution in [0, 0.1) is 0 Å². The smallest absolute Gasteiger partial charge is 0.243 e. The monoisotopic (exact) mass is 398 g/mol. The molecule has 1 aromatic carbocycles. The van der Waals surface area contributed by atoms with E-state index in [4.69, 9.17) is 9.47 Å². The Kier molecular flexibility index (Phi) is 4.87. The summed E-state index contributed by atoms with van der Waals surface area (Å²) in [5.41, 5.74) is 0.740. The van der Waals surface area contributed by atoms with Crippen molar-refractivity contribution in [2.45, 2.75) is 4.90 Å². The minimum absolute atomic E-state index is 0.238. The zero-order chi connectivity index (χ0) is 13.9. The summed E-state index contributed by atoms with van der Waals surface area (Å²) in [5.74, 6) is 0.503. The summed E-state index contributed by atoms with van der Waals surface area (Å²) in [7, 11) is -1.96. The summed E-state index contributed by atoms with van der Waals surface area (Å²) in [6.45, 7) is 1.64. The van der Waals surface area contributed by atoms with Crippen LogP contribution >= 0.6 is 22.9 Å². The highest BCUT2D eigenvalue weighted by Crippen LogP contribution is 2.30. The molecule has 0 bridgehead atoms. The van der Waals surface area contributed by atoms with Crippen LogP contribution in [0.1, 0.15) is 0 Å². The highest BCUT2D eigenvalue weighted by atomic mass is 127. The summed E-state index contributed by atoms with van der Waals surface area (Å²) >= 11 is 1.97. The zero-order valence-electron chi connectivity index (χ0n) is 10.4. The number of halogens is 1. The average molecular weight is 398 g/mol. The first kappa shape index (κ1) is 14.8. The van der Waals surface area contributed by atoms with Gasteiger partial charge in [0.2, 0.25) is 10.0 Å². The Hall–Kier alpha value is -0.580. The van der Waals surface area contributed by atoms with Crippen LogP contribution in [0.4, 0.5) is 5.69 Å². The number of nitrogens with one attached hydrogen (secondary N) is 1. The van der Waals surface area contributed by atoms with Gasteiger partial charge in [-0.25, -0.2) is 8.42 Å². The van der Waals surface area contributed by atoms with Crippen LogP contribution in [0.3, 0.4) is 0 Å². The number of ether oxygens (including phenoxy) is 2. The van der Waals surface area contributed by atoms with Gasteiger partial charge in [0.25, 0.3) is 0 Å². The topological polar surface area (TPSA) is 67.9 Å². The molecule has 1 N–H and O–H groups in total. The lowest BCUT2D eigenvalue weighted by atomic mass is 10.3. The predicted molar refractivity (Wildman–Crippen MR) is 80.2 cm³/mol. The SMILES string of the molecule is COc1cc(S(=O)(=O)N2CCOCC2)ccc1NI. The number of rotatable bonds is 4. The molecule has 0 atom stereocenters. The maximum absolute atomic E-state index is 12.4. The molecule has 0 saturated carbocycles. The lowest BCUT2D eigenvalue weighted by Crippen LogP contribution is -2.40. The van der Waals surface area contributed by atoms with Crippen molar-refractivity contribution >= 4 is 38.6 Å². The molecule has 1 heterocycles. The van der Waals surface area contributed by atoms with Crippen molar-refractivity contribution in [3.63, 3.8) is 0 Å². The van der Waals surface area contributed by atoms with Gasteiger partial charge in [0.1, 0.15) is 5.75 Å². The van der Waals surface area contributed by atoms with Gasteiger partial charge in [-0.3, -0.25) is 0 Å². The summed E-state index contributed by atoms with van der Waals surface area (Å²) in [5, 5.41) is 0. The fraction of sp³-hybridized carbons (Fsp3) is 0.455. The van der Waals surface area contributed by atoms with Crippen LogP contribution in [0.25, 0.3) is 0 Å². The van der Waals surface area contributed by atoms with Crippen molar-refractivity contribution < 1.29 is 17.9 Å². The van der Waals surface area contributed by atoms with E-state index in [9.17, 15) is 8.42 Å². The van der Waals surface area contributed by atoms with Crippen LogP contribution in [0.15, 0.2) is 23.1 Å². The van der Waals surface area contributed by atoms with Crippen molar-refractivity contribution in [2.75, 3.05) is 36.9 Å². The molecule has 0 amide bonds. The molecule has 19 heavy (non-hydrogen) atoms. The van der Waals surface area contributed by atoms with E-state index in [0.717, 1.165) is 5.69 Å². The number of benzene rings is 1. The van der Waals surface area contributed by atoms with Gasteiger partial charge in [0.05, 0.1) is 53.8 Å². The Morgan fingerprint density at radius 1 is 1.37 bits per heavy atom. The first-order valence-corrected chi connectivity index (χ1v) is 8.24. The van der Waals surface area contributed by atoms with Gasteiger partial charge in [-0.05, 0) is 12.1 Å². The van der Waals surface area contributed by atoms with Gasteiger partial charge in [0, 0.05) is 19.2 Å². The molecule has 1 fully saturated rings. The Labute approximate surface area is 126 Å². The highest BCUT2D eigenvalue weighted by Gasteiger charge is 2.27. The molecule has 6 nitrogen and oxygen atoms in total. The third-order valence-electron chi connectivity index (χ3n) is 2.88. The Balaban J connectivity index is 2.34. The summed E-state index contributed by atoms with van der Waals surface area (Å²) in [6.07, 6.45) is 0. The fourth-order valence-corrected chi connectivity index (χ4v) is 3.72. The predicted octanol–water partition coefficient (Wildman–Crippen LogP) is 1.48. The van der Waals surface area contributed by atoms with Crippen LogP contribution in [-0.4, -0.2) is 46.1 Å². The highest BCUT2D eigenvalue weighted by molar-refractivity contribution is 14.1. The van der Waals surface area contributed by atoms with Crippen LogP contribution < -0.4 is 8.27 Å². The van der Waals surface area contributed by atoms with E-state index in [-0.39, 0.29) is 4.90 Å². The standard InChI is InChI=1S/C11H15IN2O4S/c1-17-11-8-9(2-3-10(11)13-12)19(15,16)14-4-6-18-7-5-14/h2-3,8,13H,4-7H2,1H3. The second-order valence-electron chi connectivity index (χ2n) is 3.97. The number of hydrogen-bond donors (Lipinski definition) is 1. The summed E-state index contributed by atoms with van der Waals surface area (Å²) < 4.78 is 39.6. The molecule has 0 spiro atoms. The number of sulfonamides is 1. The Morgan fingerprint density at radius 3 is 2.63 bits per heavy atom. The van der Waals surface area contributed by atoms with E-state index in [1.165, 1.54) is 17.5 Å². The fourth-order valence-electron chi connectivity index (χ4n) is 1.85. The molecule has 1 saturated heterocycles. The Bertz CT molecular complexity index is 544. The number of morpholine rings is 1. The van der Waals surface area contributed by atoms with Gasteiger partial charge < -0.3 is 13.0 Å². The normalized spacial score (nSPS) is 17.2. The van der Waals surface area contributed by atoms with Crippen LogP contribution in [0.2, 0.25) is 0 Å².